The predicted octanol–water partition coefficient (Wildman–Crippen LogP) is 3.38. The zero-order valence-corrected chi connectivity index (χ0v) is 14.4. The summed E-state index contributed by atoms with van der Waals surface area (Å²) in [6.07, 6.45) is 1.75. The Hall–Kier alpha value is -1.66. The highest BCUT2D eigenvalue weighted by atomic mass is 32.2. The summed E-state index contributed by atoms with van der Waals surface area (Å²) in [5.74, 6) is -0.312. The number of carbonyl (C=O) groups excluding carboxylic acids is 1. The van der Waals surface area contributed by atoms with Crippen LogP contribution in [0.25, 0.3) is 0 Å². The molecule has 1 aromatic rings. The maximum absolute atomic E-state index is 12.8. The van der Waals surface area contributed by atoms with Gasteiger partial charge in [-0.2, -0.15) is 4.99 Å². The lowest BCUT2D eigenvalue weighted by atomic mass is 9.84. The summed E-state index contributed by atoms with van der Waals surface area (Å²) in [6, 6.07) is 8.40. The van der Waals surface area contributed by atoms with Crippen molar-refractivity contribution in [3.05, 3.63) is 45.9 Å². The molecule has 4 rings (SSSR count). The standard InChI is InChI=1S/C18H19FN2O2S/c1-12(10-19)15-16(22)20-17(24-15)21-8-6-18(7-9-21)14-5-3-2-4-13(14)11-23-18/h2-5H,6-11H2,1H3. The molecule has 6 heteroatoms. The molecule has 3 heterocycles. The van der Waals surface area contributed by atoms with Gasteiger partial charge in [-0.1, -0.05) is 24.3 Å². The summed E-state index contributed by atoms with van der Waals surface area (Å²) in [5.41, 5.74) is 2.84. The van der Waals surface area contributed by atoms with Crippen LogP contribution in [0.5, 0.6) is 0 Å². The van der Waals surface area contributed by atoms with Crippen LogP contribution in [-0.4, -0.2) is 35.7 Å². The summed E-state index contributed by atoms with van der Waals surface area (Å²) in [7, 11) is 0. The van der Waals surface area contributed by atoms with Crippen molar-refractivity contribution in [1.82, 2.24) is 4.90 Å². The number of nitrogens with zero attached hydrogens (tertiary/aromatic N) is 2. The first-order valence-corrected chi connectivity index (χ1v) is 8.98. The van der Waals surface area contributed by atoms with Crippen LogP contribution >= 0.6 is 11.8 Å². The minimum atomic E-state index is -0.607. The Kier molecular flexibility index (Phi) is 3.96. The number of likely N-dealkylation sites (tertiary alicyclic amines) is 1. The highest BCUT2D eigenvalue weighted by Gasteiger charge is 2.43. The van der Waals surface area contributed by atoms with Gasteiger partial charge < -0.3 is 9.64 Å². The first-order chi connectivity index (χ1) is 11.6. The van der Waals surface area contributed by atoms with Gasteiger partial charge in [0.05, 0.1) is 17.1 Å². The van der Waals surface area contributed by atoms with E-state index < -0.39 is 6.67 Å². The van der Waals surface area contributed by atoms with Gasteiger partial charge in [0.1, 0.15) is 6.67 Å². The molecule has 24 heavy (non-hydrogen) atoms. The number of rotatable bonds is 1. The number of halogens is 1. The number of amidine groups is 1. The number of thioether (sulfide) groups is 1. The Morgan fingerprint density at radius 2 is 2.12 bits per heavy atom. The van der Waals surface area contributed by atoms with Crippen LogP contribution < -0.4 is 0 Å². The van der Waals surface area contributed by atoms with Gasteiger partial charge >= 0.3 is 0 Å². The molecule has 1 aromatic carbocycles. The molecule has 3 aliphatic rings. The summed E-state index contributed by atoms with van der Waals surface area (Å²) in [6.45, 7) is 3.29. The Morgan fingerprint density at radius 3 is 2.88 bits per heavy atom. The second-order valence-corrected chi connectivity index (χ2v) is 7.45. The average molecular weight is 346 g/mol. The molecule has 3 aliphatic heterocycles. The fourth-order valence-electron chi connectivity index (χ4n) is 3.62. The van der Waals surface area contributed by atoms with E-state index in [1.54, 1.807) is 6.92 Å². The normalized spacial score (nSPS) is 24.3. The molecule has 1 saturated heterocycles. The van der Waals surface area contributed by atoms with E-state index in [0.717, 1.165) is 25.9 Å². The van der Waals surface area contributed by atoms with Gasteiger partial charge in [0.2, 0.25) is 0 Å². The molecular formula is C18H19FN2O2S. The third-order valence-corrected chi connectivity index (χ3v) is 6.29. The van der Waals surface area contributed by atoms with Crippen molar-refractivity contribution < 1.29 is 13.9 Å². The molecule has 0 radical (unpaired) electrons. The third kappa shape index (κ3) is 2.48. The van der Waals surface area contributed by atoms with Crippen LogP contribution in [0.2, 0.25) is 0 Å². The lowest BCUT2D eigenvalue weighted by Gasteiger charge is -2.39. The van der Waals surface area contributed by atoms with E-state index in [9.17, 15) is 9.18 Å². The number of fused-ring (bicyclic) bond motifs is 2. The molecule has 0 bridgehead atoms. The van der Waals surface area contributed by atoms with E-state index in [2.05, 4.69) is 28.1 Å². The summed E-state index contributed by atoms with van der Waals surface area (Å²) >= 11 is 1.30. The van der Waals surface area contributed by atoms with Gasteiger partial charge in [-0.15, -0.1) is 0 Å². The van der Waals surface area contributed by atoms with Gasteiger partial charge in [0.15, 0.2) is 5.17 Å². The topological polar surface area (TPSA) is 41.9 Å². The molecular weight excluding hydrogens is 327 g/mol. The van der Waals surface area contributed by atoms with E-state index in [1.807, 2.05) is 6.07 Å². The fraction of sp³-hybridized carbons (Fsp3) is 0.444. The number of allylic oxidation sites excluding steroid dienone is 1. The monoisotopic (exact) mass is 346 g/mol. The highest BCUT2D eigenvalue weighted by Crippen LogP contribution is 2.45. The molecule has 0 aromatic heterocycles. The SMILES string of the molecule is CC(CF)=C1SC(N2CCC3(CC2)OCc2ccccc23)=NC1=O. The van der Waals surface area contributed by atoms with Crippen LogP contribution in [0.4, 0.5) is 4.39 Å². The second-order valence-electron chi connectivity index (χ2n) is 6.47. The maximum atomic E-state index is 12.8. The second kappa shape index (κ2) is 6.01. The smallest absolute Gasteiger partial charge is 0.286 e. The van der Waals surface area contributed by atoms with Crippen molar-refractivity contribution in [2.75, 3.05) is 19.8 Å². The van der Waals surface area contributed by atoms with Gasteiger partial charge in [-0.25, -0.2) is 4.39 Å². The number of aliphatic imine (C=N–C) groups is 1. The number of amides is 1. The van der Waals surface area contributed by atoms with E-state index >= 15 is 0 Å². The summed E-state index contributed by atoms with van der Waals surface area (Å²) < 4.78 is 19.0. The predicted molar refractivity (Wildman–Crippen MR) is 92.4 cm³/mol. The molecule has 0 saturated carbocycles. The van der Waals surface area contributed by atoms with Crippen molar-refractivity contribution in [3.8, 4) is 0 Å². The van der Waals surface area contributed by atoms with Crippen molar-refractivity contribution >= 4 is 22.8 Å². The lowest BCUT2D eigenvalue weighted by Crippen LogP contribution is -2.44. The molecule has 0 N–H and O–H groups in total. The quantitative estimate of drug-likeness (QED) is 0.731. The molecule has 1 amide bonds. The van der Waals surface area contributed by atoms with Gasteiger partial charge in [-0.05, 0) is 48.2 Å². The third-order valence-electron chi connectivity index (χ3n) is 5.03. The maximum Gasteiger partial charge on any atom is 0.286 e. The number of carbonyl (C=O) groups is 1. The zero-order chi connectivity index (χ0) is 16.7. The van der Waals surface area contributed by atoms with E-state index in [0.29, 0.717) is 22.3 Å². The fourth-order valence-corrected chi connectivity index (χ4v) is 4.60. The minimum absolute atomic E-state index is 0.200. The van der Waals surface area contributed by atoms with Crippen molar-refractivity contribution in [2.24, 2.45) is 4.99 Å². The Labute approximate surface area is 144 Å². The Morgan fingerprint density at radius 1 is 1.38 bits per heavy atom. The molecule has 4 nitrogen and oxygen atoms in total. The van der Waals surface area contributed by atoms with E-state index in [4.69, 9.17) is 4.74 Å². The number of hydrogen-bond donors (Lipinski definition) is 0. The lowest BCUT2D eigenvalue weighted by molar-refractivity contribution is -0.113. The summed E-state index contributed by atoms with van der Waals surface area (Å²) in [5, 5.41) is 0.698. The molecule has 0 atom stereocenters. The van der Waals surface area contributed by atoms with Crippen molar-refractivity contribution in [2.45, 2.75) is 32.0 Å². The number of alkyl halides is 1. The average Bonchev–Trinajstić information content (AvgIpc) is 3.17. The number of hydrogen-bond acceptors (Lipinski definition) is 4. The Bertz CT molecular complexity index is 751. The van der Waals surface area contributed by atoms with Gasteiger partial charge in [0, 0.05) is 13.1 Å². The molecule has 1 fully saturated rings. The van der Waals surface area contributed by atoms with Gasteiger partial charge in [0.25, 0.3) is 5.91 Å². The van der Waals surface area contributed by atoms with Crippen LogP contribution in [0.1, 0.15) is 30.9 Å². The summed E-state index contributed by atoms with van der Waals surface area (Å²) in [4.78, 5) is 18.6. The van der Waals surface area contributed by atoms with E-state index in [-0.39, 0.29) is 11.5 Å². The molecule has 1 spiro atoms. The van der Waals surface area contributed by atoms with Gasteiger partial charge in [-0.3, -0.25) is 4.79 Å². The largest absolute Gasteiger partial charge is 0.365 e. The van der Waals surface area contributed by atoms with Crippen LogP contribution in [-0.2, 0) is 21.7 Å². The van der Waals surface area contributed by atoms with Crippen LogP contribution in [0.15, 0.2) is 39.7 Å². The number of piperidine rings is 1. The first kappa shape index (κ1) is 15.8. The van der Waals surface area contributed by atoms with Crippen molar-refractivity contribution in [1.29, 1.82) is 0 Å². The zero-order valence-electron chi connectivity index (χ0n) is 13.5. The first-order valence-electron chi connectivity index (χ1n) is 8.17. The molecule has 126 valence electrons. The molecule has 0 unspecified atom stereocenters. The van der Waals surface area contributed by atoms with E-state index in [1.165, 1.54) is 22.9 Å². The highest BCUT2D eigenvalue weighted by molar-refractivity contribution is 8.18. The van der Waals surface area contributed by atoms with Crippen LogP contribution in [0.3, 0.4) is 0 Å². The number of benzene rings is 1. The van der Waals surface area contributed by atoms with Crippen molar-refractivity contribution in [3.63, 3.8) is 0 Å². The minimum Gasteiger partial charge on any atom is -0.365 e. The van der Waals surface area contributed by atoms with Crippen LogP contribution in [0, 0.1) is 0 Å². The molecule has 0 aliphatic carbocycles. The Balaban J connectivity index is 1.49. The number of ether oxygens (including phenoxy) is 1.